The van der Waals surface area contributed by atoms with Gasteiger partial charge >= 0.3 is 5.97 Å². The van der Waals surface area contributed by atoms with Gasteiger partial charge in [0.25, 0.3) is 0 Å². The van der Waals surface area contributed by atoms with E-state index < -0.39 is 0 Å². The van der Waals surface area contributed by atoms with Crippen molar-refractivity contribution >= 4 is 30.8 Å². The highest BCUT2D eigenvalue weighted by molar-refractivity contribution is 5.85. The van der Waals surface area contributed by atoms with Crippen molar-refractivity contribution in [3.8, 4) is 0 Å². The molecule has 1 saturated heterocycles. The topological polar surface area (TPSA) is 50.4 Å². The van der Waals surface area contributed by atoms with Crippen LogP contribution in [0, 0.1) is 11.8 Å². The Morgan fingerprint density at radius 2 is 2.19 bits per heavy atom. The second-order valence-corrected chi connectivity index (χ2v) is 4.21. The smallest absolute Gasteiger partial charge is 0.329 e. The summed E-state index contributed by atoms with van der Waals surface area (Å²) >= 11 is 0. The maximum absolute atomic E-state index is 11.5. The highest BCUT2D eigenvalue weighted by Crippen LogP contribution is 2.10. The van der Waals surface area contributed by atoms with Gasteiger partial charge in [-0.1, -0.05) is 13.8 Å². The van der Waals surface area contributed by atoms with Crippen LogP contribution in [0.1, 0.15) is 26.7 Å². The summed E-state index contributed by atoms with van der Waals surface area (Å²) in [6.07, 6.45) is 2.00. The van der Waals surface area contributed by atoms with Crippen molar-refractivity contribution in [1.29, 1.82) is 0 Å². The van der Waals surface area contributed by atoms with Gasteiger partial charge in [0.2, 0.25) is 0 Å². The Labute approximate surface area is 110 Å². The number of hydroxylamine groups is 1. The fraction of sp³-hybridized carbons (Fsp3) is 0.900. The summed E-state index contributed by atoms with van der Waals surface area (Å²) in [5.74, 6) is 0.397. The van der Waals surface area contributed by atoms with Crippen LogP contribution >= 0.6 is 24.8 Å². The zero-order chi connectivity index (χ0) is 10.4. The summed E-state index contributed by atoms with van der Waals surface area (Å²) in [5, 5.41) is 3.19. The Hall–Kier alpha value is -0.0300. The number of halogens is 2. The lowest BCUT2D eigenvalue weighted by molar-refractivity contribution is -0.157. The van der Waals surface area contributed by atoms with Gasteiger partial charge in [0.15, 0.2) is 0 Å². The lowest BCUT2D eigenvalue weighted by Gasteiger charge is -2.21. The summed E-state index contributed by atoms with van der Waals surface area (Å²) in [4.78, 5) is 16.4. The van der Waals surface area contributed by atoms with Gasteiger partial charge in [0.05, 0.1) is 5.92 Å². The van der Waals surface area contributed by atoms with E-state index in [1.165, 1.54) is 0 Å². The molecule has 98 valence electrons. The molecular formula is C10H22Cl2N2O2. The first-order valence-corrected chi connectivity index (χ1v) is 5.34. The quantitative estimate of drug-likeness (QED) is 0.763. The lowest BCUT2D eigenvalue weighted by atomic mass is 10.0. The molecule has 1 aliphatic rings. The molecule has 1 rings (SSSR count). The first kappa shape index (κ1) is 18.3. The molecule has 0 aromatic rings. The van der Waals surface area contributed by atoms with Gasteiger partial charge in [0.1, 0.15) is 0 Å². The summed E-state index contributed by atoms with van der Waals surface area (Å²) in [6, 6.07) is 0. The first-order chi connectivity index (χ1) is 6.70. The third-order valence-corrected chi connectivity index (χ3v) is 2.29. The predicted octanol–water partition coefficient (Wildman–Crippen LogP) is 1.53. The molecule has 1 unspecified atom stereocenters. The van der Waals surface area contributed by atoms with E-state index in [1.807, 2.05) is 0 Å². The Bertz CT molecular complexity index is 186. The fourth-order valence-corrected chi connectivity index (χ4v) is 1.42. The van der Waals surface area contributed by atoms with E-state index >= 15 is 0 Å². The fourth-order valence-electron chi connectivity index (χ4n) is 1.42. The van der Waals surface area contributed by atoms with Crippen molar-refractivity contribution in [1.82, 2.24) is 10.8 Å². The third kappa shape index (κ3) is 7.28. The minimum Gasteiger partial charge on any atom is -0.370 e. The molecule has 0 amide bonds. The number of carbonyl (C=O) groups is 1. The van der Waals surface area contributed by atoms with Crippen LogP contribution in [0.4, 0.5) is 0 Å². The predicted molar refractivity (Wildman–Crippen MR) is 69.0 cm³/mol. The minimum atomic E-state index is -0.127. The maximum atomic E-state index is 11.5. The van der Waals surface area contributed by atoms with Crippen LogP contribution in [-0.2, 0) is 9.63 Å². The lowest BCUT2D eigenvalue weighted by Crippen LogP contribution is -2.37. The Morgan fingerprint density at radius 1 is 1.50 bits per heavy atom. The van der Waals surface area contributed by atoms with Gasteiger partial charge in [-0.25, -0.2) is 0 Å². The van der Waals surface area contributed by atoms with Crippen LogP contribution < -0.4 is 10.8 Å². The van der Waals surface area contributed by atoms with Crippen molar-refractivity contribution in [3.63, 3.8) is 0 Å². The third-order valence-electron chi connectivity index (χ3n) is 2.29. The molecule has 1 fully saturated rings. The van der Waals surface area contributed by atoms with Crippen LogP contribution in [0.3, 0.4) is 0 Å². The van der Waals surface area contributed by atoms with Gasteiger partial charge in [0, 0.05) is 13.1 Å². The number of carbonyl (C=O) groups excluding carboxylic acids is 1. The largest absolute Gasteiger partial charge is 0.370 e. The molecule has 1 heterocycles. The number of piperidine rings is 1. The molecule has 1 aliphatic heterocycles. The number of rotatable bonds is 4. The van der Waals surface area contributed by atoms with Crippen LogP contribution in [0.25, 0.3) is 0 Å². The number of nitrogens with one attached hydrogen (secondary N) is 2. The molecule has 0 radical (unpaired) electrons. The Morgan fingerprint density at radius 3 is 2.69 bits per heavy atom. The van der Waals surface area contributed by atoms with Crippen LogP contribution in [0.15, 0.2) is 0 Å². The SMILES string of the molecule is CC(C)CNOC(=O)C1CCCNC1.Cl.Cl. The monoisotopic (exact) mass is 272 g/mol. The van der Waals surface area contributed by atoms with Crippen LogP contribution in [0.5, 0.6) is 0 Å². The van der Waals surface area contributed by atoms with Crippen molar-refractivity contribution in [2.24, 2.45) is 11.8 Å². The van der Waals surface area contributed by atoms with Gasteiger partial charge in [-0.15, -0.1) is 24.8 Å². The Balaban J connectivity index is 0. The summed E-state index contributed by atoms with van der Waals surface area (Å²) < 4.78 is 0. The van der Waals surface area contributed by atoms with Crippen LogP contribution in [0.2, 0.25) is 0 Å². The molecule has 4 nitrogen and oxygen atoms in total. The highest BCUT2D eigenvalue weighted by atomic mass is 35.5. The summed E-state index contributed by atoms with van der Waals surface area (Å²) in [5.41, 5.74) is 2.70. The van der Waals surface area contributed by atoms with Crippen LogP contribution in [-0.4, -0.2) is 25.6 Å². The molecule has 6 heteroatoms. The van der Waals surface area contributed by atoms with E-state index in [-0.39, 0.29) is 36.7 Å². The first-order valence-electron chi connectivity index (χ1n) is 5.34. The summed E-state index contributed by atoms with van der Waals surface area (Å²) in [6.45, 7) is 6.63. The zero-order valence-corrected chi connectivity index (χ0v) is 11.5. The molecule has 0 spiro atoms. The van der Waals surface area contributed by atoms with Gasteiger partial charge in [-0.3, -0.25) is 4.79 Å². The number of hydrogen-bond acceptors (Lipinski definition) is 4. The zero-order valence-electron chi connectivity index (χ0n) is 9.82. The van der Waals surface area contributed by atoms with E-state index in [2.05, 4.69) is 24.6 Å². The molecule has 2 N–H and O–H groups in total. The second kappa shape index (κ2) is 10.1. The van der Waals surface area contributed by atoms with Crippen molar-refractivity contribution in [3.05, 3.63) is 0 Å². The molecule has 16 heavy (non-hydrogen) atoms. The van der Waals surface area contributed by atoms with E-state index in [9.17, 15) is 4.79 Å². The molecule has 0 aromatic carbocycles. The molecular weight excluding hydrogens is 251 g/mol. The van der Waals surface area contributed by atoms with E-state index in [0.29, 0.717) is 12.5 Å². The number of hydrogen-bond donors (Lipinski definition) is 2. The minimum absolute atomic E-state index is 0. The Kier molecular flexibility index (Phi) is 11.6. The second-order valence-electron chi connectivity index (χ2n) is 4.21. The van der Waals surface area contributed by atoms with Crippen molar-refractivity contribution in [2.75, 3.05) is 19.6 Å². The van der Waals surface area contributed by atoms with Gasteiger partial charge < -0.3 is 10.2 Å². The van der Waals surface area contributed by atoms with Crippen molar-refractivity contribution in [2.45, 2.75) is 26.7 Å². The van der Waals surface area contributed by atoms with E-state index in [0.717, 1.165) is 25.9 Å². The van der Waals surface area contributed by atoms with Gasteiger partial charge in [-0.2, -0.15) is 5.48 Å². The van der Waals surface area contributed by atoms with E-state index in [4.69, 9.17) is 4.84 Å². The average Bonchev–Trinajstić information content (AvgIpc) is 2.18. The molecule has 1 atom stereocenters. The standard InChI is InChI=1S/C10H20N2O2.2ClH/c1-8(2)6-12-14-10(13)9-4-3-5-11-7-9;;/h8-9,11-12H,3-7H2,1-2H3;2*1H. The molecule has 0 aliphatic carbocycles. The van der Waals surface area contributed by atoms with E-state index in [1.54, 1.807) is 0 Å². The molecule has 0 bridgehead atoms. The maximum Gasteiger partial charge on any atom is 0.329 e. The molecule has 0 aromatic heterocycles. The highest BCUT2D eigenvalue weighted by Gasteiger charge is 2.22. The molecule has 0 saturated carbocycles. The summed E-state index contributed by atoms with van der Waals surface area (Å²) in [7, 11) is 0. The normalized spacial score (nSPS) is 19.6. The van der Waals surface area contributed by atoms with Crippen molar-refractivity contribution < 1.29 is 9.63 Å². The average molecular weight is 273 g/mol. The van der Waals surface area contributed by atoms with Gasteiger partial charge in [-0.05, 0) is 25.3 Å².